The molecule has 1 amide bonds. The van der Waals surface area contributed by atoms with E-state index in [-0.39, 0.29) is 29.5 Å². The highest BCUT2D eigenvalue weighted by Gasteiger charge is 2.33. The Morgan fingerprint density at radius 2 is 1.88 bits per heavy atom. The molecule has 1 aliphatic heterocycles. The molecule has 174 valence electrons. The monoisotopic (exact) mass is 466 g/mol. The Labute approximate surface area is 194 Å². The van der Waals surface area contributed by atoms with Gasteiger partial charge >= 0.3 is 0 Å². The normalized spacial score (nSPS) is 24.7. The molecule has 0 spiro atoms. The average molecular weight is 467 g/mol. The van der Waals surface area contributed by atoms with Crippen molar-refractivity contribution in [1.82, 2.24) is 20.1 Å². The topological polar surface area (TPSA) is 93.9 Å². The lowest BCUT2D eigenvalue weighted by Gasteiger charge is -2.29. The van der Waals surface area contributed by atoms with Crippen LogP contribution in [0.3, 0.4) is 0 Å². The number of pyridine rings is 1. The fourth-order valence-electron chi connectivity index (χ4n) is 5.25. The van der Waals surface area contributed by atoms with E-state index >= 15 is 0 Å². The lowest BCUT2D eigenvalue weighted by atomic mass is 9.86. The third kappa shape index (κ3) is 4.28. The van der Waals surface area contributed by atoms with Crippen molar-refractivity contribution >= 4 is 26.8 Å². The summed E-state index contributed by atoms with van der Waals surface area (Å²) in [4.78, 5) is 18.5. The van der Waals surface area contributed by atoms with Gasteiger partial charge in [-0.1, -0.05) is 50.1 Å². The zero-order valence-electron chi connectivity index (χ0n) is 19.1. The summed E-state index contributed by atoms with van der Waals surface area (Å²) in [6, 6.07) is 11.5. The molecule has 2 fully saturated rings. The highest BCUT2D eigenvalue weighted by Crippen LogP contribution is 2.32. The van der Waals surface area contributed by atoms with Crippen LogP contribution >= 0.6 is 0 Å². The lowest BCUT2D eigenvalue weighted by Crippen LogP contribution is -2.41. The van der Waals surface area contributed by atoms with E-state index < -0.39 is 9.84 Å². The third-order valence-electron chi connectivity index (χ3n) is 7.13. The van der Waals surface area contributed by atoms with E-state index in [1.54, 1.807) is 4.68 Å². The molecule has 1 aromatic carbocycles. The van der Waals surface area contributed by atoms with Crippen molar-refractivity contribution in [3.05, 3.63) is 47.7 Å². The molecule has 3 atom stereocenters. The second-order valence-electron chi connectivity index (χ2n) is 9.55. The van der Waals surface area contributed by atoms with Crippen molar-refractivity contribution in [2.24, 2.45) is 5.92 Å². The molecule has 3 heterocycles. The minimum Gasteiger partial charge on any atom is -0.349 e. The minimum absolute atomic E-state index is 0.0571. The minimum atomic E-state index is -3.08. The zero-order chi connectivity index (χ0) is 23.2. The van der Waals surface area contributed by atoms with Gasteiger partial charge in [0.05, 0.1) is 39.9 Å². The third-order valence-corrected chi connectivity index (χ3v) is 8.88. The van der Waals surface area contributed by atoms with Crippen molar-refractivity contribution in [2.45, 2.75) is 58.0 Å². The molecule has 3 aromatic rings. The van der Waals surface area contributed by atoms with Gasteiger partial charge in [-0.2, -0.15) is 5.10 Å². The second-order valence-corrected chi connectivity index (χ2v) is 11.8. The summed E-state index contributed by atoms with van der Waals surface area (Å²) in [5, 5.41) is 8.67. The summed E-state index contributed by atoms with van der Waals surface area (Å²) in [7, 11) is -3.08. The van der Waals surface area contributed by atoms with Gasteiger partial charge in [-0.05, 0) is 38.2 Å². The maximum absolute atomic E-state index is 13.6. The predicted octanol–water partition coefficient (Wildman–Crippen LogP) is 4.07. The van der Waals surface area contributed by atoms with E-state index in [1.807, 2.05) is 43.3 Å². The van der Waals surface area contributed by atoms with Gasteiger partial charge in [0.1, 0.15) is 0 Å². The Balaban J connectivity index is 1.63. The van der Waals surface area contributed by atoms with E-state index in [0.717, 1.165) is 24.8 Å². The molecular weight excluding hydrogens is 436 g/mol. The van der Waals surface area contributed by atoms with Crippen LogP contribution in [0.5, 0.6) is 0 Å². The van der Waals surface area contributed by atoms with Crippen molar-refractivity contribution < 1.29 is 13.2 Å². The van der Waals surface area contributed by atoms with Crippen LogP contribution in [0.15, 0.2) is 36.4 Å². The predicted molar refractivity (Wildman–Crippen MR) is 129 cm³/mol. The molecule has 7 nitrogen and oxygen atoms in total. The number of carbonyl (C=O) groups excluding carboxylic acids is 1. The number of aryl methyl sites for hydroxylation is 1. The number of nitrogens with one attached hydrogen (secondary N) is 1. The van der Waals surface area contributed by atoms with Crippen LogP contribution < -0.4 is 5.32 Å². The zero-order valence-corrected chi connectivity index (χ0v) is 19.9. The van der Waals surface area contributed by atoms with Gasteiger partial charge in [0.25, 0.3) is 5.91 Å². The Bertz CT molecular complexity index is 1300. The van der Waals surface area contributed by atoms with E-state index in [4.69, 9.17) is 4.98 Å². The van der Waals surface area contributed by atoms with E-state index in [9.17, 15) is 13.2 Å². The standard InChI is InChI=1S/C25H30N4O3S/c1-16-8-6-7-11-21(16)27-25(30)20-14-22(18-9-4-3-5-10-18)26-24-23(20)17(2)28-29(24)19-12-13-33(31,32)15-19/h3-5,9-10,14,16,19,21H,6-8,11-13,15H2,1-2H3,(H,27,30). The van der Waals surface area contributed by atoms with Crippen LogP contribution in [0.4, 0.5) is 0 Å². The van der Waals surface area contributed by atoms with Gasteiger partial charge in [0.2, 0.25) is 0 Å². The number of hydrogen-bond donors (Lipinski definition) is 1. The Kier molecular flexibility index (Phi) is 5.72. The molecule has 33 heavy (non-hydrogen) atoms. The SMILES string of the molecule is Cc1nn(C2CCS(=O)(=O)C2)c2nc(-c3ccccc3)cc(C(=O)NC3CCCCC3C)c12. The largest absolute Gasteiger partial charge is 0.349 e. The van der Waals surface area contributed by atoms with Crippen LogP contribution in [0.2, 0.25) is 0 Å². The summed E-state index contributed by atoms with van der Waals surface area (Å²) in [5.74, 6) is 0.548. The van der Waals surface area contributed by atoms with Crippen molar-refractivity contribution in [2.75, 3.05) is 11.5 Å². The molecule has 2 aliphatic rings. The Hall–Kier alpha value is -2.74. The van der Waals surface area contributed by atoms with Crippen LogP contribution in [0.25, 0.3) is 22.3 Å². The number of hydrogen-bond acceptors (Lipinski definition) is 5. The summed E-state index contributed by atoms with van der Waals surface area (Å²) >= 11 is 0. The first-order chi connectivity index (χ1) is 15.8. The highest BCUT2D eigenvalue weighted by atomic mass is 32.2. The number of amides is 1. The van der Waals surface area contributed by atoms with Gasteiger partial charge in [0.15, 0.2) is 15.5 Å². The van der Waals surface area contributed by atoms with Crippen molar-refractivity contribution in [3.63, 3.8) is 0 Å². The van der Waals surface area contributed by atoms with Crippen molar-refractivity contribution in [3.8, 4) is 11.3 Å². The van der Waals surface area contributed by atoms with E-state index in [1.165, 1.54) is 6.42 Å². The van der Waals surface area contributed by atoms with E-state index in [0.29, 0.717) is 40.3 Å². The molecule has 5 rings (SSSR count). The number of benzene rings is 1. The van der Waals surface area contributed by atoms with Crippen LogP contribution in [0, 0.1) is 12.8 Å². The second kappa shape index (κ2) is 8.56. The number of fused-ring (bicyclic) bond motifs is 1. The molecule has 0 radical (unpaired) electrons. The molecular formula is C25H30N4O3S. The number of aromatic nitrogens is 3. The van der Waals surface area contributed by atoms with Crippen LogP contribution in [-0.2, 0) is 9.84 Å². The molecule has 3 unspecified atom stereocenters. The molecule has 8 heteroatoms. The van der Waals surface area contributed by atoms with Gasteiger partial charge in [-0.25, -0.2) is 18.1 Å². The molecule has 1 saturated heterocycles. The molecule has 1 N–H and O–H groups in total. The fraction of sp³-hybridized carbons (Fsp3) is 0.480. The molecule has 1 saturated carbocycles. The van der Waals surface area contributed by atoms with Crippen LogP contribution in [-0.4, -0.2) is 46.6 Å². The summed E-state index contributed by atoms with van der Waals surface area (Å²) in [6.07, 6.45) is 4.96. The Morgan fingerprint density at radius 3 is 2.58 bits per heavy atom. The number of carbonyl (C=O) groups is 1. The summed E-state index contributed by atoms with van der Waals surface area (Å²) in [6.45, 7) is 4.07. The van der Waals surface area contributed by atoms with Gasteiger partial charge in [-0.3, -0.25) is 4.79 Å². The molecule has 1 aliphatic carbocycles. The summed E-state index contributed by atoms with van der Waals surface area (Å²) in [5.41, 5.74) is 3.43. The number of sulfone groups is 1. The maximum Gasteiger partial charge on any atom is 0.252 e. The highest BCUT2D eigenvalue weighted by molar-refractivity contribution is 7.91. The maximum atomic E-state index is 13.6. The van der Waals surface area contributed by atoms with Gasteiger partial charge in [0, 0.05) is 11.6 Å². The quantitative estimate of drug-likeness (QED) is 0.625. The average Bonchev–Trinajstić information content (AvgIpc) is 3.34. The smallest absolute Gasteiger partial charge is 0.252 e. The van der Waals surface area contributed by atoms with Gasteiger partial charge < -0.3 is 5.32 Å². The van der Waals surface area contributed by atoms with Crippen LogP contribution in [0.1, 0.15) is 61.1 Å². The first-order valence-electron chi connectivity index (χ1n) is 11.8. The first-order valence-corrected chi connectivity index (χ1v) is 13.6. The lowest BCUT2D eigenvalue weighted by molar-refractivity contribution is 0.0912. The number of nitrogens with zero attached hydrogens (tertiary/aromatic N) is 3. The molecule has 0 bridgehead atoms. The first kappa shape index (κ1) is 22.1. The summed E-state index contributed by atoms with van der Waals surface area (Å²) < 4.78 is 26.0. The van der Waals surface area contributed by atoms with Gasteiger partial charge in [-0.15, -0.1) is 0 Å². The molecule has 2 aromatic heterocycles. The fourth-order valence-corrected chi connectivity index (χ4v) is 6.94. The van der Waals surface area contributed by atoms with Crippen molar-refractivity contribution in [1.29, 1.82) is 0 Å². The van der Waals surface area contributed by atoms with E-state index in [2.05, 4.69) is 17.3 Å². The number of rotatable bonds is 4. The Morgan fingerprint density at radius 1 is 1.12 bits per heavy atom.